The maximum atomic E-state index is 9.22. The highest BCUT2D eigenvalue weighted by molar-refractivity contribution is 6.31. The molecular formula is C15H19ClN2O. The van der Waals surface area contributed by atoms with Crippen LogP contribution in [0.2, 0.25) is 5.02 Å². The number of nitriles is 1. The van der Waals surface area contributed by atoms with Crippen LogP contribution in [0.4, 0.5) is 5.69 Å². The summed E-state index contributed by atoms with van der Waals surface area (Å²) in [5.74, 6) is 0.812. The minimum absolute atomic E-state index is 0.0782. The summed E-state index contributed by atoms with van der Waals surface area (Å²) in [4.78, 5) is 0. The number of ether oxygens (including phenoxy) is 1. The molecule has 102 valence electrons. The average molecular weight is 279 g/mol. The fourth-order valence-corrected chi connectivity index (χ4v) is 2.76. The van der Waals surface area contributed by atoms with E-state index in [9.17, 15) is 5.26 Å². The van der Waals surface area contributed by atoms with Gasteiger partial charge in [-0.3, -0.25) is 0 Å². The van der Waals surface area contributed by atoms with Crippen LogP contribution < -0.4 is 10.1 Å². The first kappa shape index (κ1) is 14.0. The number of aryl methyl sites for hydroxylation is 1. The van der Waals surface area contributed by atoms with E-state index < -0.39 is 0 Å². The van der Waals surface area contributed by atoms with E-state index in [0.717, 1.165) is 36.3 Å². The van der Waals surface area contributed by atoms with Crippen molar-refractivity contribution in [3.63, 3.8) is 0 Å². The van der Waals surface area contributed by atoms with Crippen molar-refractivity contribution in [2.75, 3.05) is 12.4 Å². The normalized spacial score (nSPS) is 22.6. The van der Waals surface area contributed by atoms with Crippen LogP contribution in [-0.4, -0.2) is 13.2 Å². The Morgan fingerprint density at radius 1 is 1.37 bits per heavy atom. The van der Waals surface area contributed by atoms with E-state index in [0.29, 0.717) is 5.02 Å². The molecule has 0 spiro atoms. The highest BCUT2D eigenvalue weighted by Gasteiger charge is 2.25. The van der Waals surface area contributed by atoms with Gasteiger partial charge in [-0.25, -0.2) is 0 Å². The zero-order valence-corrected chi connectivity index (χ0v) is 12.1. The average Bonchev–Trinajstić information content (AvgIpc) is 2.43. The molecule has 2 rings (SSSR count). The second-order valence-electron chi connectivity index (χ2n) is 5.07. The molecule has 3 nitrogen and oxygen atoms in total. The van der Waals surface area contributed by atoms with Crippen molar-refractivity contribution in [3.8, 4) is 11.8 Å². The van der Waals surface area contributed by atoms with Gasteiger partial charge in [-0.2, -0.15) is 5.26 Å². The Balaban J connectivity index is 2.22. The number of hydrogen-bond acceptors (Lipinski definition) is 3. The molecule has 1 aromatic rings. The third-order valence-corrected chi connectivity index (χ3v) is 4.16. The second kappa shape index (κ2) is 6.16. The molecule has 19 heavy (non-hydrogen) atoms. The smallest absolute Gasteiger partial charge is 0.143 e. The van der Waals surface area contributed by atoms with E-state index >= 15 is 0 Å². The first-order valence-electron chi connectivity index (χ1n) is 6.66. The monoisotopic (exact) mass is 278 g/mol. The van der Waals surface area contributed by atoms with Gasteiger partial charge in [0.25, 0.3) is 0 Å². The molecule has 1 aromatic carbocycles. The van der Waals surface area contributed by atoms with Gasteiger partial charge in [0.15, 0.2) is 0 Å². The van der Waals surface area contributed by atoms with Gasteiger partial charge in [0.05, 0.1) is 24.8 Å². The fourth-order valence-electron chi connectivity index (χ4n) is 2.60. The summed E-state index contributed by atoms with van der Waals surface area (Å²) in [5, 5.41) is 13.4. The van der Waals surface area contributed by atoms with Crippen molar-refractivity contribution in [2.45, 2.75) is 38.6 Å². The summed E-state index contributed by atoms with van der Waals surface area (Å²) in [7, 11) is 1.63. The Labute approximate surface area is 119 Å². The van der Waals surface area contributed by atoms with Gasteiger partial charge in [-0.1, -0.05) is 24.4 Å². The van der Waals surface area contributed by atoms with Crippen LogP contribution in [0.5, 0.6) is 5.75 Å². The molecule has 0 amide bonds. The van der Waals surface area contributed by atoms with Crippen LogP contribution in [0.1, 0.15) is 31.2 Å². The predicted octanol–water partition coefficient (Wildman–Crippen LogP) is 4.15. The molecule has 1 aliphatic rings. The molecule has 1 N–H and O–H groups in total. The summed E-state index contributed by atoms with van der Waals surface area (Å²) in [6.45, 7) is 1.97. The summed E-state index contributed by atoms with van der Waals surface area (Å²) in [6.07, 6.45) is 4.32. The van der Waals surface area contributed by atoms with Crippen molar-refractivity contribution in [1.82, 2.24) is 0 Å². The molecule has 0 aromatic heterocycles. The molecule has 4 heteroatoms. The highest BCUT2D eigenvalue weighted by Crippen LogP contribution is 2.34. The Morgan fingerprint density at radius 3 is 2.79 bits per heavy atom. The standard InChI is InChI=1S/C15H19ClN2O/c1-10-7-14(15(19-2)8-12(10)16)18-13-6-4-3-5-11(13)9-17/h7-8,11,13,18H,3-6H2,1-2H3. The topological polar surface area (TPSA) is 45.0 Å². The number of methoxy groups -OCH3 is 1. The maximum absolute atomic E-state index is 9.22. The molecule has 0 heterocycles. The van der Waals surface area contributed by atoms with Gasteiger partial charge >= 0.3 is 0 Å². The van der Waals surface area contributed by atoms with E-state index in [4.69, 9.17) is 16.3 Å². The van der Waals surface area contributed by atoms with Crippen LogP contribution in [0.25, 0.3) is 0 Å². The molecule has 0 bridgehead atoms. The van der Waals surface area contributed by atoms with Gasteiger partial charge in [-0.15, -0.1) is 0 Å². The first-order valence-corrected chi connectivity index (χ1v) is 7.03. The minimum atomic E-state index is 0.0782. The second-order valence-corrected chi connectivity index (χ2v) is 5.48. The van der Waals surface area contributed by atoms with Gasteiger partial charge < -0.3 is 10.1 Å². The first-order chi connectivity index (χ1) is 9.15. The Kier molecular flexibility index (Phi) is 4.55. The molecule has 0 saturated heterocycles. The maximum Gasteiger partial charge on any atom is 0.143 e. The summed E-state index contributed by atoms with van der Waals surface area (Å²) in [5.41, 5.74) is 1.94. The molecule has 0 radical (unpaired) electrons. The van der Waals surface area contributed by atoms with Gasteiger partial charge in [0, 0.05) is 17.1 Å². The number of benzene rings is 1. The quantitative estimate of drug-likeness (QED) is 0.903. The molecule has 2 unspecified atom stereocenters. The van der Waals surface area contributed by atoms with Crippen LogP contribution in [0, 0.1) is 24.2 Å². The highest BCUT2D eigenvalue weighted by atomic mass is 35.5. The minimum Gasteiger partial charge on any atom is -0.495 e. The Bertz CT molecular complexity index is 496. The number of anilines is 1. The van der Waals surface area contributed by atoms with Crippen LogP contribution >= 0.6 is 11.6 Å². The van der Waals surface area contributed by atoms with Gasteiger partial charge in [0.1, 0.15) is 5.75 Å². The van der Waals surface area contributed by atoms with E-state index in [1.807, 2.05) is 19.1 Å². The lowest BCUT2D eigenvalue weighted by Crippen LogP contribution is -2.31. The van der Waals surface area contributed by atoms with Crippen molar-refractivity contribution < 1.29 is 4.74 Å². The zero-order chi connectivity index (χ0) is 13.8. The lowest BCUT2D eigenvalue weighted by atomic mass is 9.85. The fraction of sp³-hybridized carbons (Fsp3) is 0.533. The predicted molar refractivity (Wildman–Crippen MR) is 77.7 cm³/mol. The molecule has 1 aliphatic carbocycles. The number of nitrogens with zero attached hydrogens (tertiary/aromatic N) is 1. The Hall–Kier alpha value is -1.40. The lowest BCUT2D eigenvalue weighted by Gasteiger charge is -2.29. The number of rotatable bonds is 3. The van der Waals surface area contributed by atoms with Crippen molar-refractivity contribution in [2.24, 2.45) is 5.92 Å². The molecule has 0 aliphatic heterocycles. The molecule has 1 fully saturated rings. The van der Waals surface area contributed by atoms with Crippen molar-refractivity contribution in [3.05, 3.63) is 22.7 Å². The van der Waals surface area contributed by atoms with Crippen LogP contribution in [-0.2, 0) is 0 Å². The summed E-state index contributed by atoms with van der Waals surface area (Å²) < 4.78 is 5.36. The van der Waals surface area contributed by atoms with Crippen LogP contribution in [0.3, 0.4) is 0 Å². The summed E-state index contributed by atoms with van der Waals surface area (Å²) >= 11 is 6.10. The van der Waals surface area contributed by atoms with E-state index in [1.165, 1.54) is 6.42 Å². The third kappa shape index (κ3) is 3.13. The number of halogens is 1. The van der Waals surface area contributed by atoms with Crippen LogP contribution in [0.15, 0.2) is 12.1 Å². The third-order valence-electron chi connectivity index (χ3n) is 3.75. The number of nitrogens with one attached hydrogen (secondary N) is 1. The largest absolute Gasteiger partial charge is 0.495 e. The van der Waals surface area contributed by atoms with Gasteiger partial charge in [-0.05, 0) is 31.4 Å². The zero-order valence-electron chi connectivity index (χ0n) is 11.4. The van der Waals surface area contributed by atoms with Gasteiger partial charge in [0.2, 0.25) is 0 Å². The Morgan fingerprint density at radius 2 is 2.11 bits per heavy atom. The van der Waals surface area contributed by atoms with E-state index in [2.05, 4.69) is 11.4 Å². The van der Waals surface area contributed by atoms with Crippen molar-refractivity contribution in [1.29, 1.82) is 5.26 Å². The van der Waals surface area contributed by atoms with E-state index in [1.54, 1.807) is 7.11 Å². The number of hydrogen-bond donors (Lipinski definition) is 1. The molecular weight excluding hydrogens is 260 g/mol. The summed E-state index contributed by atoms with van der Waals surface area (Å²) in [6, 6.07) is 6.42. The van der Waals surface area contributed by atoms with Crippen molar-refractivity contribution >= 4 is 17.3 Å². The SMILES string of the molecule is COc1cc(Cl)c(C)cc1NC1CCCCC1C#N. The lowest BCUT2D eigenvalue weighted by molar-refractivity contribution is 0.383. The van der Waals surface area contributed by atoms with E-state index in [-0.39, 0.29) is 12.0 Å². The molecule has 1 saturated carbocycles. The molecule has 2 atom stereocenters.